The maximum atomic E-state index is 10.7. The van der Waals surface area contributed by atoms with E-state index in [4.69, 9.17) is 4.84 Å². The molecule has 76 valence electrons. The first-order valence-electron chi connectivity index (χ1n) is 4.28. The summed E-state index contributed by atoms with van der Waals surface area (Å²) in [5.74, 6) is -0.349. The normalized spacial score (nSPS) is 9.79. The van der Waals surface area contributed by atoms with Crippen LogP contribution in [0.4, 0.5) is 0 Å². The number of ether oxygens (including phenoxy) is 1. The van der Waals surface area contributed by atoms with E-state index < -0.39 is 0 Å². The lowest BCUT2D eigenvalue weighted by Crippen LogP contribution is -2.23. The van der Waals surface area contributed by atoms with Gasteiger partial charge in [0.15, 0.2) is 0 Å². The van der Waals surface area contributed by atoms with E-state index in [9.17, 15) is 4.79 Å². The maximum Gasteiger partial charge on any atom is 0.322 e. The summed E-state index contributed by atoms with van der Waals surface area (Å²) in [6.07, 6.45) is 0. The van der Waals surface area contributed by atoms with Crippen LogP contribution in [-0.4, -0.2) is 19.6 Å². The van der Waals surface area contributed by atoms with Crippen LogP contribution in [0.5, 0.6) is 0 Å². The predicted octanol–water partition coefficient (Wildman–Crippen LogP) is 0.881. The van der Waals surface area contributed by atoms with Gasteiger partial charge in [-0.1, -0.05) is 30.3 Å². The largest absolute Gasteiger partial charge is 0.468 e. The van der Waals surface area contributed by atoms with E-state index in [0.29, 0.717) is 6.61 Å². The molecule has 1 aromatic carbocycles. The Morgan fingerprint density at radius 2 is 2.07 bits per heavy atom. The maximum absolute atomic E-state index is 10.7. The lowest BCUT2D eigenvalue weighted by atomic mass is 10.2. The Balaban J connectivity index is 2.13. The standard InChI is InChI=1S/C10H13NO3/c1-13-10(12)7-11-14-8-9-5-3-2-4-6-9/h2-6,11H,7-8H2,1H3. The molecule has 0 saturated carbocycles. The minimum atomic E-state index is -0.349. The Hall–Kier alpha value is -1.39. The number of carbonyl (C=O) groups excluding carboxylic acids is 1. The molecule has 4 heteroatoms. The van der Waals surface area contributed by atoms with Crippen LogP contribution in [-0.2, 0) is 21.0 Å². The molecule has 0 aliphatic rings. The molecule has 0 atom stereocenters. The van der Waals surface area contributed by atoms with Crippen molar-refractivity contribution in [3.05, 3.63) is 35.9 Å². The summed E-state index contributed by atoms with van der Waals surface area (Å²) in [5, 5.41) is 0. The first kappa shape index (κ1) is 10.7. The molecule has 4 nitrogen and oxygen atoms in total. The summed E-state index contributed by atoms with van der Waals surface area (Å²) >= 11 is 0. The van der Waals surface area contributed by atoms with Crippen molar-refractivity contribution in [1.29, 1.82) is 0 Å². The summed E-state index contributed by atoms with van der Waals surface area (Å²) in [7, 11) is 1.33. The van der Waals surface area contributed by atoms with Gasteiger partial charge in [-0.05, 0) is 5.56 Å². The van der Waals surface area contributed by atoms with Crippen LogP contribution in [0.3, 0.4) is 0 Å². The molecule has 0 amide bonds. The van der Waals surface area contributed by atoms with E-state index in [-0.39, 0.29) is 12.5 Å². The zero-order chi connectivity index (χ0) is 10.2. The number of esters is 1. The van der Waals surface area contributed by atoms with Crippen molar-refractivity contribution in [1.82, 2.24) is 5.48 Å². The fraction of sp³-hybridized carbons (Fsp3) is 0.300. The number of methoxy groups -OCH3 is 1. The van der Waals surface area contributed by atoms with Crippen LogP contribution in [0.25, 0.3) is 0 Å². The second-order valence-corrected chi connectivity index (χ2v) is 2.67. The minimum absolute atomic E-state index is 0.0589. The van der Waals surface area contributed by atoms with E-state index in [0.717, 1.165) is 5.56 Å². The van der Waals surface area contributed by atoms with E-state index in [2.05, 4.69) is 10.2 Å². The molecule has 0 bridgehead atoms. The van der Waals surface area contributed by atoms with Gasteiger partial charge in [-0.25, -0.2) is 0 Å². The number of hydrogen-bond acceptors (Lipinski definition) is 4. The van der Waals surface area contributed by atoms with E-state index >= 15 is 0 Å². The SMILES string of the molecule is COC(=O)CNOCc1ccccc1. The number of rotatable bonds is 5. The first-order valence-corrected chi connectivity index (χ1v) is 4.28. The molecule has 1 aromatic rings. The van der Waals surface area contributed by atoms with E-state index in [1.165, 1.54) is 7.11 Å². The fourth-order valence-corrected chi connectivity index (χ4v) is 0.891. The van der Waals surface area contributed by atoms with Crippen LogP contribution < -0.4 is 5.48 Å². The third-order valence-electron chi connectivity index (χ3n) is 1.63. The Morgan fingerprint density at radius 3 is 2.71 bits per heavy atom. The average Bonchev–Trinajstić information content (AvgIpc) is 2.25. The molecule has 14 heavy (non-hydrogen) atoms. The Morgan fingerprint density at radius 1 is 1.36 bits per heavy atom. The van der Waals surface area contributed by atoms with Crippen LogP contribution in [0.15, 0.2) is 30.3 Å². The zero-order valence-electron chi connectivity index (χ0n) is 8.03. The molecular formula is C10H13NO3. The molecule has 0 radical (unpaired) electrons. The van der Waals surface area contributed by atoms with Gasteiger partial charge in [0.05, 0.1) is 13.7 Å². The first-order chi connectivity index (χ1) is 6.83. The predicted molar refractivity (Wildman–Crippen MR) is 51.2 cm³/mol. The van der Waals surface area contributed by atoms with Gasteiger partial charge in [0.2, 0.25) is 0 Å². The molecule has 0 spiro atoms. The highest BCUT2D eigenvalue weighted by Crippen LogP contribution is 1.98. The van der Waals surface area contributed by atoms with E-state index in [1.54, 1.807) is 0 Å². The topological polar surface area (TPSA) is 47.6 Å². The quantitative estimate of drug-likeness (QED) is 0.430. The summed E-state index contributed by atoms with van der Waals surface area (Å²) in [4.78, 5) is 15.7. The average molecular weight is 195 g/mol. The second kappa shape index (κ2) is 6.12. The molecule has 0 heterocycles. The summed E-state index contributed by atoms with van der Waals surface area (Å²) < 4.78 is 4.42. The number of benzene rings is 1. The molecule has 1 N–H and O–H groups in total. The van der Waals surface area contributed by atoms with Crippen LogP contribution in [0.2, 0.25) is 0 Å². The van der Waals surface area contributed by atoms with Gasteiger partial charge in [-0.15, -0.1) is 0 Å². The monoisotopic (exact) mass is 195 g/mol. The van der Waals surface area contributed by atoms with Crippen molar-refractivity contribution < 1.29 is 14.4 Å². The van der Waals surface area contributed by atoms with Gasteiger partial charge in [0.25, 0.3) is 0 Å². The highest BCUT2D eigenvalue weighted by molar-refractivity contribution is 5.71. The molecule has 0 unspecified atom stereocenters. The van der Waals surface area contributed by atoms with Crippen molar-refractivity contribution in [3.63, 3.8) is 0 Å². The molecule has 1 rings (SSSR count). The Bertz CT molecular complexity index is 274. The molecule has 0 aliphatic carbocycles. The van der Waals surface area contributed by atoms with Crippen molar-refractivity contribution in [2.75, 3.05) is 13.7 Å². The molecular weight excluding hydrogens is 182 g/mol. The Kier molecular flexibility index (Phi) is 4.68. The minimum Gasteiger partial charge on any atom is -0.468 e. The Labute approximate surface area is 82.8 Å². The summed E-state index contributed by atoms with van der Waals surface area (Å²) in [6.45, 7) is 0.487. The smallest absolute Gasteiger partial charge is 0.322 e. The van der Waals surface area contributed by atoms with Crippen LogP contribution >= 0.6 is 0 Å². The van der Waals surface area contributed by atoms with Gasteiger partial charge in [-0.2, -0.15) is 5.48 Å². The van der Waals surface area contributed by atoms with Crippen LogP contribution in [0, 0.1) is 0 Å². The number of nitrogens with one attached hydrogen (secondary N) is 1. The molecule has 0 aliphatic heterocycles. The second-order valence-electron chi connectivity index (χ2n) is 2.67. The van der Waals surface area contributed by atoms with E-state index in [1.807, 2.05) is 30.3 Å². The molecule has 0 aromatic heterocycles. The van der Waals surface area contributed by atoms with Crippen molar-refractivity contribution in [3.8, 4) is 0 Å². The zero-order valence-corrected chi connectivity index (χ0v) is 8.03. The van der Waals surface area contributed by atoms with Gasteiger partial charge >= 0.3 is 5.97 Å². The molecule has 0 saturated heterocycles. The van der Waals surface area contributed by atoms with Crippen molar-refractivity contribution >= 4 is 5.97 Å². The van der Waals surface area contributed by atoms with Crippen LogP contribution in [0.1, 0.15) is 5.56 Å². The summed E-state index contributed by atoms with van der Waals surface area (Å²) in [6, 6.07) is 9.68. The number of hydrogen-bond donors (Lipinski definition) is 1. The van der Waals surface area contributed by atoms with Gasteiger partial charge in [0, 0.05) is 0 Å². The lowest BCUT2D eigenvalue weighted by molar-refractivity contribution is -0.142. The highest BCUT2D eigenvalue weighted by atomic mass is 16.6. The van der Waals surface area contributed by atoms with Crippen molar-refractivity contribution in [2.45, 2.75) is 6.61 Å². The third kappa shape index (κ3) is 4.02. The lowest BCUT2D eigenvalue weighted by Gasteiger charge is -2.04. The number of hydroxylamine groups is 1. The molecule has 0 fully saturated rings. The number of carbonyl (C=O) groups is 1. The van der Waals surface area contributed by atoms with Gasteiger partial charge in [-0.3, -0.25) is 9.63 Å². The highest BCUT2D eigenvalue weighted by Gasteiger charge is 1.98. The summed E-state index contributed by atoms with van der Waals surface area (Å²) in [5.41, 5.74) is 3.56. The van der Waals surface area contributed by atoms with Gasteiger partial charge in [0.1, 0.15) is 6.54 Å². The van der Waals surface area contributed by atoms with Gasteiger partial charge < -0.3 is 4.74 Å². The fourth-order valence-electron chi connectivity index (χ4n) is 0.891. The van der Waals surface area contributed by atoms with Crippen molar-refractivity contribution in [2.24, 2.45) is 0 Å². The third-order valence-corrected chi connectivity index (χ3v) is 1.63.